The fraction of sp³-hybridized carbons (Fsp3) is 1.00. The number of hydrogen-bond donors (Lipinski definition) is 1. The molecule has 1 heterocycles. The zero-order valence-corrected chi connectivity index (χ0v) is 7.60. The maximum atomic E-state index is 9.19. The van der Waals surface area contributed by atoms with Gasteiger partial charge in [-0.2, -0.15) is 8.42 Å². The third-order valence-electron chi connectivity index (χ3n) is 1.16. The van der Waals surface area contributed by atoms with Gasteiger partial charge >= 0.3 is 0 Å². The molecular formula is C6H14O4S. The van der Waals surface area contributed by atoms with Crippen molar-refractivity contribution in [1.82, 2.24) is 0 Å². The van der Waals surface area contributed by atoms with Crippen LogP contribution in [0.4, 0.5) is 0 Å². The molecule has 1 fully saturated rings. The van der Waals surface area contributed by atoms with Gasteiger partial charge in [0.2, 0.25) is 0 Å². The lowest BCUT2D eigenvalue weighted by molar-refractivity contribution is 0.125. The van der Waals surface area contributed by atoms with Gasteiger partial charge in [-0.05, 0) is 19.8 Å². The van der Waals surface area contributed by atoms with E-state index in [9.17, 15) is 8.42 Å². The molecule has 0 amide bonds. The van der Waals surface area contributed by atoms with Gasteiger partial charge in [0.15, 0.2) is 0 Å². The quantitative estimate of drug-likeness (QED) is 0.560. The molecule has 0 radical (unpaired) electrons. The SMILES string of the molecule is CC1CCCO1.CS(=O)(=O)O. The van der Waals surface area contributed by atoms with Crippen LogP contribution in [0, 0.1) is 0 Å². The molecule has 1 aliphatic rings. The lowest BCUT2D eigenvalue weighted by Crippen LogP contribution is -1.94. The fourth-order valence-electron chi connectivity index (χ4n) is 0.739. The van der Waals surface area contributed by atoms with Gasteiger partial charge in [0, 0.05) is 6.61 Å². The van der Waals surface area contributed by atoms with E-state index in [4.69, 9.17) is 9.29 Å². The first-order valence-electron chi connectivity index (χ1n) is 3.43. The van der Waals surface area contributed by atoms with Gasteiger partial charge in [-0.15, -0.1) is 0 Å². The third kappa shape index (κ3) is 13.0. The summed E-state index contributed by atoms with van der Waals surface area (Å²) in [4.78, 5) is 0. The smallest absolute Gasteiger partial charge is 0.261 e. The number of ether oxygens (including phenoxy) is 1. The first-order chi connectivity index (χ1) is 4.89. The van der Waals surface area contributed by atoms with Crippen LogP contribution in [-0.4, -0.2) is 31.9 Å². The third-order valence-corrected chi connectivity index (χ3v) is 1.16. The van der Waals surface area contributed by atoms with Gasteiger partial charge in [0.1, 0.15) is 0 Å². The van der Waals surface area contributed by atoms with E-state index in [-0.39, 0.29) is 0 Å². The second-order valence-corrected chi connectivity index (χ2v) is 4.02. The molecule has 5 heteroatoms. The number of rotatable bonds is 0. The van der Waals surface area contributed by atoms with E-state index in [1.807, 2.05) is 0 Å². The summed E-state index contributed by atoms with van der Waals surface area (Å²) in [5, 5.41) is 0. The molecule has 1 atom stereocenters. The summed E-state index contributed by atoms with van der Waals surface area (Å²) in [5.41, 5.74) is 0. The molecule has 4 nitrogen and oxygen atoms in total. The van der Waals surface area contributed by atoms with Crippen LogP contribution in [-0.2, 0) is 14.9 Å². The van der Waals surface area contributed by atoms with Crippen LogP contribution in [0.1, 0.15) is 19.8 Å². The molecular weight excluding hydrogens is 168 g/mol. The largest absolute Gasteiger partial charge is 0.379 e. The van der Waals surface area contributed by atoms with Crippen molar-refractivity contribution in [3.05, 3.63) is 0 Å². The van der Waals surface area contributed by atoms with Crippen molar-refractivity contribution in [3.8, 4) is 0 Å². The Hall–Kier alpha value is -0.130. The van der Waals surface area contributed by atoms with E-state index in [0.29, 0.717) is 12.4 Å². The van der Waals surface area contributed by atoms with Crippen molar-refractivity contribution in [1.29, 1.82) is 0 Å². The van der Waals surface area contributed by atoms with E-state index >= 15 is 0 Å². The van der Waals surface area contributed by atoms with Gasteiger partial charge in [-0.25, -0.2) is 0 Å². The van der Waals surface area contributed by atoms with Crippen LogP contribution in [0.2, 0.25) is 0 Å². The van der Waals surface area contributed by atoms with Gasteiger partial charge in [0.05, 0.1) is 12.4 Å². The van der Waals surface area contributed by atoms with E-state index in [0.717, 1.165) is 6.61 Å². The summed E-state index contributed by atoms with van der Waals surface area (Å²) in [7, 11) is -3.67. The molecule has 0 saturated carbocycles. The highest BCUT2D eigenvalue weighted by Gasteiger charge is 2.07. The summed E-state index contributed by atoms with van der Waals surface area (Å²) >= 11 is 0. The minimum absolute atomic E-state index is 0.546. The van der Waals surface area contributed by atoms with Crippen molar-refractivity contribution in [2.24, 2.45) is 0 Å². The molecule has 1 aliphatic heterocycles. The molecule has 0 aromatic rings. The molecule has 1 rings (SSSR count). The Kier molecular flexibility index (Phi) is 4.63. The Morgan fingerprint density at radius 2 is 2.00 bits per heavy atom. The first-order valence-corrected chi connectivity index (χ1v) is 5.28. The molecule has 0 aliphatic carbocycles. The lowest BCUT2D eigenvalue weighted by atomic mass is 10.3. The van der Waals surface area contributed by atoms with Crippen LogP contribution in [0.5, 0.6) is 0 Å². The molecule has 0 aromatic heterocycles. The lowest BCUT2D eigenvalue weighted by Gasteiger charge is -1.94. The van der Waals surface area contributed by atoms with Crippen LogP contribution >= 0.6 is 0 Å². The van der Waals surface area contributed by atoms with Crippen molar-refractivity contribution < 1.29 is 17.7 Å². The average Bonchev–Trinajstić information content (AvgIpc) is 2.12. The first kappa shape index (κ1) is 10.9. The summed E-state index contributed by atoms with van der Waals surface area (Å²) in [6.45, 7) is 3.11. The fourth-order valence-corrected chi connectivity index (χ4v) is 0.739. The van der Waals surface area contributed by atoms with Crippen molar-refractivity contribution in [2.75, 3.05) is 12.9 Å². The summed E-state index contributed by atoms with van der Waals surface area (Å²) in [6.07, 6.45) is 3.79. The Balaban J connectivity index is 0.000000187. The molecule has 1 N–H and O–H groups in total. The van der Waals surface area contributed by atoms with Gasteiger partial charge in [-0.1, -0.05) is 0 Å². The predicted molar refractivity (Wildman–Crippen MR) is 42.1 cm³/mol. The Morgan fingerprint density at radius 1 is 1.55 bits per heavy atom. The van der Waals surface area contributed by atoms with Crippen molar-refractivity contribution in [2.45, 2.75) is 25.9 Å². The molecule has 1 saturated heterocycles. The van der Waals surface area contributed by atoms with Gasteiger partial charge in [-0.3, -0.25) is 4.55 Å². The highest BCUT2D eigenvalue weighted by molar-refractivity contribution is 7.85. The van der Waals surface area contributed by atoms with E-state index in [1.54, 1.807) is 0 Å². The monoisotopic (exact) mass is 182 g/mol. The minimum atomic E-state index is -3.67. The Morgan fingerprint density at radius 3 is 2.09 bits per heavy atom. The molecule has 0 spiro atoms. The Bertz CT molecular complexity index is 171. The van der Waals surface area contributed by atoms with Crippen LogP contribution in [0.15, 0.2) is 0 Å². The van der Waals surface area contributed by atoms with Crippen LogP contribution < -0.4 is 0 Å². The zero-order chi connectivity index (χ0) is 8.91. The standard InChI is InChI=1S/C5H10O.CH4O3S/c1-5-3-2-4-6-5;1-5(2,3)4/h5H,2-4H2,1H3;1H3,(H,2,3,4). The van der Waals surface area contributed by atoms with Gasteiger partial charge < -0.3 is 4.74 Å². The average molecular weight is 182 g/mol. The highest BCUT2D eigenvalue weighted by atomic mass is 32.2. The van der Waals surface area contributed by atoms with Crippen molar-refractivity contribution in [3.63, 3.8) is 0 Å². The Labute approximate surface area is 67.3 Å². The van der Waals surface area contributed by atoms with E-state index in [1.165, 1.54) is 12.8 Å². The normalized spacial score (nSPS) is 24.1. The predicted octanol–water partition coefficient (Wildman–Crippen LogP) is 0.689. The van der Waals surface area contributed by atoms with Crippen LogP contribution in [0.3, 0.4) is 0 Å². The topological polar surface area (TPSA) is 63.6 Å². The second kappa shape index (κ2) is 4.69. The van der Waals surface area contributed by atoms with E-state index < -0.39 is 10.1 Å². The maximum Gasteiger partial charge on any atom is 0.261 e. The zero-order valence-electron chi connectivity index (χ0n) is 6.78. The second-order valence-electron chi connectivity index (χ2n) is 2.56. The summed E-state index contributed by atoms with van der Waals surface area (Å²) in [5.74, 6) is 0. The molecule has 68 valence electrons. The van der Waals surface area contributed by atoms with Crippen molar-refractivity contribution >= 4 is 10.1 Å². The van der Waals surface area contributed by atoms with Gasteiger partial charge in [0.25, 0.3) is 10.1 Å². The van der Waals surface area contributed by atoms with E-state index in [2.05, 4.69) is 6.92 Å². The molecule has 11 heavy (non-hydrogen) atoms. The number of hydrogen-bond acceptors (Lipinski definition) is 3. The highest BCUT2D eigenvalue weighted by Crippen LogP contribution is 2.09. The summed E-state index contributed by atoms with van der Waals surface area (Å²) in [6, 6.07) is 0. The molecule has 0 bridgehead atoms. The maximum absolute atomic E-state index is 9.19. The summed E-state index contributed by atoms with van der Waals surface area (Å²) < 4.78 is 31.0. The minimum Gasteiger partial charge on any atom is -0.379 e. The molecule has 1 unspecified atom stereocenters. The van der Waals surface area contributed by atoms with Crippen LogP contribution in [0.25, 0.3) is 0 Å². The molecule has 0 aromatic carbocycles.